The van der Waals surface area contributed by atoms with Gasteiger partial charge in [-0.2, -0.15) is 0 Å². The number of hydrogen-bond donors (Lipinski definition) is 2. The molecule has 2 aromatic heterocycles. The molecule has 2 N–H and O–H groups in total. The molecular weight excluding hydrogens is 220 g/mol. The molecule has 0 saturated heterocycles. The number of aromatic nitrogens is 2. The second-order valence-corrected chi connectivity index (χ2v) is 3.41. The van der Waals surface area contributed by atoms with Crippen molar-refractivity contribution in [2.45, 2.75) is 13.0 Å². The minimum absolute atomic E-state index is 0.163. The van der Waals surface area contributed by atoms with Crippen molar-refractivity contribution in [3.05, 3.63) is 42.5 Å². The molecule has 0 spiro atoms. The van der Waals surface area contributed by atoms with Gasteiger partial charge in [-0.15, -0.1) is 0 Å². The smallest absolute Gasteiger partial charge is 0.323 e. The zero-order valence-corrected chi connectivity index (χ0v) is 9.25. The van der Waals surface area contributed by atoms with Crippen LogP contribution in [0.25, 0.3) is 0 Å². The molecule has 0 aliphatic carbocycles. The van der Waals surface area contributed by atoms with Crippen molar-refractivity contribution >= 4 is 12.0 Å². The Bertz CT molecular complexity index is 469. The van der Waals surface area contributed by atoms with Gasteiger partial charge < -0.3 is 9.73 Å². The Hall–Kier alpha value is -2.37. The molecule has 0 bridgehead atoms. The first-order valence-corrected chi connectivity index (χ1v) is 5.13. The van der Waals surface area contributed by atoms with Crippen LogP contribution in [0.2, 0.25) is 0 Å². The number of nitrogens with one attached hydrogen (secondary N) is 2. The van der Waals surface area contributed by atoms with Gasteiger partial charge in [0.05, 0.1) is 17.9 Å². The SMILES string of the molecule is C[C@H](NC(=O)Nc1ncco1)c1ccccn1. The number of oxazole rings is 1. The molecule has 2 rings (SSSR count). The van der Waals surface area contributed by atoms with Crippen molar-refractivity contribution in [1.82, 2.24) is 15.3 Å². The number of anilines is 1. The van der Waals surface area contributed by atoms with Crippen LogP contribution in [0.5, 0.6) is 0 Å². The molecule has 6 nitrogen and oxygen atoms in total. The van der Waals surface area contributed by atoms with Crippen LogP contribution in [0.1, 0.15) is 18.7 Å². The third-order valence-corrected chi connectivity index (χ3v) is 2.13. The zero-order valence-electron chi connectivity index (χ0n) is 9.25. The fraction of sp³-hybridized carbons (Fsp3) is 0.182. The number of pyridine rings is 1. The normalized spacial score (nSPS) is 11.8. The predicted molar refractivity (Wildman–Crippen MR) is 61.3 cm³/mol. The first-order valence-electron chi connectivity index (χ1n) is 5.13. The van der Waals surface area contributed by atoms with Crippen molar-refractivity contribution in [1.29, 1.82) is 0 Å². The minimum atomic E-state index is -0.384. The maximum absolute atomic E-state index is 11.5. The molecule has 2 amide bonds. The first-order chi connectivity index (χ1) is 8.25. The van der Waals surface area contributed by atoms with E-state index in [2.05, 4.69) is 20.6 Å². The Kier molecular flexibility index (Phi) is 3.34. The molecule has 0 saturated carbocycles. The highest BCUT2D eigenvalue weighted by molar-refractivity contribution is 5.87. The summed E-state index contributed by atoms with van der Waals surface area (Å²) in [5.41, 5.74) is 0.787. The third-order valence-electron chi connectivity index (χ3n) is 2.13. The summed E-state index contributed by atoms with van der Waals surface area (Å²) in [6.07, 6.45) is 4.52. The lowest BCUT2D eigenvalue weighted by Crippen LogP contribution is -2.31. The van der Waals surface area contributed by atoms with E-state index in [-0.39, 0.29) is 18.1 Å². The van der Waals surface area contributed by atoms with Crippen molar-refractivity contribution in [3.8, 4) is 0 Å². The van der Waals surface area contributed by atoms with Crippen LogP contribution in [0.3, 0.4) is 0 Å². The molecule has 88 valence electrons. The summed E-state index contributed by atoms with van der Waals surface area (Å²) in [6.45, 7) is 1.84. The third kappa shape index (κ3) is 3.04. The van der Waals surface area contributed by atoms with Crippen LogP contribution in [-0.4, -0.2) is 16.0 Å². The fourth-order valence-electron chi connectivity index (χ4n) is 1.32. The molecular formula is C11H12N4O2. The number of nitrogens with zero attached hydrogens (tertiary/aromatic N) is 2. The van der Waals surface area contributed by atoms with E-state index in [0.717, 1.165) is 5.69 Å². The van der Waals surface area contributed by atoms with E-state index in [0.29, 0.717) is 0 Å². The molecule has 0 aliphatic heterocycles. The predicted octanol–water partition coefficient (Wildman–Crippen LogP) is 1.95. The average molecular weight is 232 g/mol. The fourth-order valence-corrected chi connectivity index (χ4v) is 1.32. The largest absolute Gasteiger partial charge is 0.432 e. The van der Waals surface area contributed by atoms with Crippen molar-refractivity contribution in [2.24, 2.45) is 0 Å². The van der Waals surface area contributed by atoms with Gasteiger partial charge in [0.1, 0.15) is 6.26 Å². The molecule has 2 heterocycles. The topological polar surface area (TPSA) is 80.0 Å². The van der Waals surface area contributed by atoms with E-state index in [1.165, 1.54) is 12.5 Å². The zero-order chi connectivity index (χ0) is 12.1. The second-order valence-electron chi connectivity index (χ2n) is 3.41. The molecule has 17 heavy (non-hydrogen) atoms. The molecule has 0 radical (unpaired) electrons. The number of carbonyl (C=O) groups excluding carboxylic acids is 1. The van der Waals surface area contributed by atoms with Crippen LogP contribution in [-0.2, 0) is 0 Å². The van der Waals surface area contributed by atoms with Gasteiger partial charge in [-0.1, -0.05) is 6.07 Å². The van der Waals surface area contributed by atoms with Crippen LogP contribution < -0.4 is 10.6 Å². The second kappa shape index (κ2) is 5.11. The van der Waals surface area contributed by atoms with E-state index < -0.39 is 0 Å². The Balaban J connectivity index is 1.91. The van der Waals surface area contributed by atoms with E-state index in [1.54, 1.807) is 6.20 Å². The lowest BCUT2D eigenvalue weighted by atomic mass is 10.2. The minimum Gasteiger partial charge on any atom is -0.432 e. The van der Waals surface area contributed by atoms with Crippen LogP contribution in [0.4, 0.5) is 10.8 Å². The number of rotatable bonds is 3. The highest BCUT2D eigenvalue weighted by Crippen LogP contribution is 2.08. The highest BCUT2D eigenvalue weighted by atomic mass is 16.4. The van der Waals surface area contributed by atoms with E-state index in [4.69, 9.17) is 4.42 Å². The molecule has 2 aromatic rings. The molecule has 0 aliphatic rings. The number of urea groups is 1. The quantitative estimate of drug-likeness (QED) is 0.847. The van der Waals surface area contributed by atoms with Crippen LogP contribution in [0.15, 0.2) is 41.3 Å². The van der Waals surface area contributed by atoms with Crippen LogP contribution >= 0.6 is 0 Å². The Labute approximate surface area is 98.1 Å². The van der Waals surface area contributed by atoms with Gasteiger partial charge in [-0.3, -0.25) is 10.3 Å². The van der Waals surface area contributed by atoms with Gasteiger partial charge in [-0.25, -0.2) is 9.78 Å². The molecule has 1 atom stereocenters. The molecule has 0 unspecified atom stereocenters. The van der Waals surface area contributed by atoms with Crippen molar-refractivity contribution in [2.75, 3.05) is 5.32 Å². The highest BCUT2D eigenvalue weighted by Gasteiger charge is 2.11. The van der Waals surface area contributed by atoms with Crippen molar-refractivity contribution in [3.63, 3.8) is 0 Å². The summed E-state index contributed by atoms with van der Waals surface area (Å²) in [7, 11) is 0. The Morgan fingerprint density at radius 3 is 2.88 bits per heavy atom. The summed E-state index contributed by atoms with van der Waals surface area (Å²) in [6, 6.07) is 5.12. The number of carbonyl (C=O) groups is 1. The maximum Gasteiger partial charge on any atom is 0.323 e. The van der Waals surface area contributed by atoms with Gasteiger partial charge >= 0.3 is 12.0 Å². The molecule has 6 heteroatoms. The van der Waals surface area contributed by atoms with Gasteiger partial charge in [0.25, 0.3) is 0 Å². The van der Waals surface area contributed by atoms with Crippen LogP contribution in [0, 0.1) is 0 Å². The summed E-state index contributed by atoms with van der Waals surface area (Å²) in [5.74, 6) is 0. The Morgan fingerprint density at radius 2 is 2.24 bits per heavy atom. The first kappa shape index (κ1) is 11.1. The lowest BCUT2D eigenvalue weighted by Gasteiger charge is -2.12. The van der Waals surface area contributed by atoms with Gasteiger partial charge in [-0.05, 0) is 19.1 Å². The average Bonchev–Trinajstić information content (AvgIpc) is 2.82. The lowest BCUT2D eigenvalue weighted by molar-refractivity contribution is 0.248. The van der Waals surface area contributed by atoms with E-state index >= 15 is 0 Å². The van der Waals surface area contributed by atoms with Gasteiger partial charge in [0.2, 0.25) is 0 Å². The summed E-state index contributed by atoms with van der Waals surface area (Å²) in [5, 5.41) is 5.19. The molecule has 0 aromatic carbocycles. The van der Waals surface area contributed by atoms with Crippen molar-refractivity contribution < 1.29 is 9.21 Å². The summed E-state index contributed by atoms with van der Waals surface area (Å²) in [4.78, 5) is 19.5. The van der Waals surface area contributed by atoms with E-state index in [1.807, 2.05) is 25.1 Å². The monoisotopic (exact) mass is 232 g/mol. The Morgan fingerprint density at radius 1 is 1.35 bits per heavy atom. The maximum atomic E-state index is 11.5. The number of hydrogen-bond acceptors (Lipinski definition) is 4. The summed E-state index contributed by atoms with van der Waals surface area (Å²) < 4.78 is 4.89. The standard InChI is InChI=1S/C11H12N4O2/c1-8(9-4-2-3-5-12-9)14-10(16)15-11-13-6-7-17-11/h2-8H,1H3,(H2,13,14,15,16)/t8-/m0/s1. The van der Waals surface area contributed by atoms with Gasteiger partial charge in [0, 0.05) is 6.20 Å². The number of amides is 2. The van der Waals surface area contributed by atoms with E-state index in [9.17, 15) is 4.79 Å². The summed E-state index contributed by atoms with van der Waals surface area (Å²) >= 11 is 0. The molecule has 0 fully saturated rings. The van der Waals surface area contributed by atoms with Gasteiger partial charge in [0.15, 0.2) is 0 Å².